The van der Waals surface area contributed by atoms with Crippen molar-refractivity contribution in [2.45, 2.75) is 55.1 Å². The summed E-state index contributed by atoms with van der Waals surface area (Å²) in [6, 6.07) is 9.78. The van der Waals surface area contributed by atoms with Crippen LogP contribution in [0.25, 0.3) is 0 Å². The molecule has 0 spiro atoms. The number of rotatable bonds is 6. The van der Waals surface area contributed by atoms with Crippen LogP contribution in [0.1, 0.15) is 44.1 Å². The van der Waals surface area contributed by atoms with E-state index in [-0.39, 0.29) is 21.1 Å². The molecule has 0 atom stereocenters. The molecule has 0 aromatic heterocycles. The molecule has 1 N–H and O–H groups in total. The van der Waals surface area contributed by atoms with Gasteiger partial charge in [0.15, 0.2) is 0 Å². The molecule has 4 aliphatic carbocycles. The quantitative estimate of drug-likeness (QED) is 0.530. The number of alkyl halides is 3. The first-order valence-corrected chi connectivity index (χ1v) is 13.5. The first-order chi connectivity index (χ1) is 16.5. The van der Waals surface area contributed by atoms with Crippen molar-refractivity contribution in [1.29, 1.82) is 0 Å². The number of anilines is 1. The first kappa shape index (κ1) is 24.4. The number of halogens is 4. The van der Waals surface area contributed by atoms with Crippen molar-refractivity contribution in [3.63, 3.8) is 0 Å². The highest BCUT2D eigenvalue weighted by Crippen LogP contribution is 2.55. The second kappa shape index (κ2) is 8.69. The molecule has 188 valence electrons. The van der Waals surface area contributed by atoms with E-state index in [9.17, 15) is 26.4 Å². The number of carbonyl (C=O) groups is 1. The molecule has 35 heavy (non-hydrogen) atoms. The summed E-state index contributed by atoms with van der Waals surface area (Å²) in [6.45, 7) is -0.667. The fraction of sp³-hybridized carbons (Fsp3) is 0.480. The summed E-state index contributed by atoms with van der Waals surface area (Å²) in [6.07, 6.45) is 1.39. The van der Waals surface area contributed by atoms with E-state index in [0.29, 0.717) is 28.1 Å². The third kappa shape index (κ3) is 4.77. The number of hydrogen-bond donors (Lipinski definition) is 1. The molecular weight excluding hydrogens is 501 g/mol. The van der Waals surface area contributed by atoms with E-state index in [1.54, 1.807) is 6.07 Å². The summed E-state index contributed by atoms with van der Waals surface area (Å²) in [7, 11) is -4.38. The number of benzene rings is 2. The molecule has 2 aromatic carbocycles. The van der Waals surface area contributed by atoms with Gasteiger partial charge >= 0.3 is 6.18 Å². The van der Waals surface area contributed by atoms with Crippen LogP contribution < -0.4 is 9.62 Å². The molecule has 10 heteroatoms. The number of nitrogens with one attached hydrogen (secondary N) is 1. The summed E-state index contributed by atoms with van der Waals surface area (Å²) in [5.41, 5.74) is -1.80. The molecule has 1 amide bonds. The second-order valence-corrected chi connectivity index (χ2v) is 12.5. The van der Waals surface area contributed by atoms with E-state index in [1.165, 1.54) is 43.5 Å². The highest BCUT2D eigenvalue weighted by molar-refractivity contribution is 7.92. The van der Waals surface area contributed by atoms with E-state index in [0.717, 1.165) is 31.4 Å². The summed E-state index contributed by atoms with van der Waals surface area (Å²) < 4.78 is 68.1. The maximum atomic E-state index is 13.6. The van der Waals surface area contributed by atoms with Crippen LogP contribution in [0.4, 0.5) is 18.9 Å². The summed E-state index contributed by atoms with van der Waals surface area (Å²) in [5, 5.41) is 2.91. The van der Waals surface area contributed by atoms with Crippen LogP contribution in [0, 0.1) is 17.8 Å². The van der Waals surface area contributed by atoms with Crippen molar-refractivity contribution in [3.05, 3.63) is 59.1 Å². The zero-order chi connectivity index (χ0) is 25.0. The number of amides is 1. The Kier molecular flexibility index (Phi) is 6.07. The van der Waals surface area contributed by atoms with Crippen LogP contribution >= 0.6 is 11.6 Å². The standard InChI is InChI=1S/C25H26ClF3N2O3S/c26-21-7-6-19(25(27,28)29)11-22(21)31(35(33,34)20-4-2-1-3-5-20)15-23(32)30-24-12-16-8-17(13-24)10-18(9-16)14-24/h1-7,11,16-18H,8-10,12-15H2,(H,30,32). The Morgan fingerprint density at radius 3 is 2.11 bits per heavy atom. The lowest BCUT2D eigenvalue weighted by Gasteiger charge is -2.57. The lowest BCUT2D eigenvalue weighted by Crippen LogP contribution is -2.61. The van der Waals surface area contributed by atoms with E-state index in [2.05, 4.69) is 5.32 Å². The molecule has 4 aliphatic rings. The van der Waals surface area contributed by atoms with Crippen molar-refractivity contribution in [2.24, 2.45) is 17.8 Å². The summed E-state index contributed by atoms with van der Waals surface area (Å²) >= 11 is 6.21. The van der Waals surface area contributed by atoms with Crippen molar-refractivity contribution in [3.8, 4) is 0 Å². The molecule has 0 radical (unpaired) electrons. The Hall–Kier alpha value is -2.26. The van der Waals surface area contributed by atoms with Crippen molar-refractivity contribution >= 4 is 33.2 Å². The third-order valence-corrected chi connectivity index (χ3v) is 9.70. The Balaban J connectivity index is 1.49. The highest BCUT2D eigenvalue weighted by atomic mass is 35.5. The minimum absolute atomic E-state index is 0.143. The Bertz CT molecular complexity index is 1200. The molecule has 0 heterocycles. The molecule has 5 nitrogen and oxygen atoms in total. The van der Waals surface area contributed by atoms with E-state index < -0.39 is 34.2 Å². The maximum absolute atomic E-state index is 13.6. The smallest absolute Gasteiger partial charge is 0.349 e. The van der Waals surface area contributed by atoms with Gasteiger partial charge in [-0.2, -0.15) is 13.2 Å². The van der Waals surface area contributed by atoms with E-state index in [4.69, 9.17) is 11.6 Å². The zero-order valence-electron chi connectivity index (χ0n) is 18.9. The number of sulfonamides is 1. The SMILES string of the molecule is O=C(CN(c1cc(C(F)(F)F)ccc1Cl)S(=O)(=O)c1ccccc1)NC12CC3CC(CC(C3)C1)C2. The molecule has 2 aromatic rings. The van der Waals surface area contributed by atoms with Gasteiger partial charge < -0.3 is 5.32 Å². The van der Waals surface area contributed by atoms with Crippen molar-refractivity contribution in [1.82, 2.24) is 5.32 Å². The molecule has 4 saturated carbocycles. The molecular formula is C25H26ClF3N2O3S. The zero-order valence-corrected chi connectivity index (χ0v) is 20.5. The van der Waals surface area contributed by atoms with Crippen LogP contribution in [-0.2, 0) is 21.0 Å². The Labute approximate surface area is 207 Å². The minimum atomic E-state index is -4.71. The van der Waals surface area contributed by atoms with Gasteiger partial charge in [0.1, 0.15) is 6.54 Å². The van der Waals surface area contributed by atoms with Crippen molar-refractivity contribution < 1.29 is 26.4 Å². The fourth-order valence-electron chi connectivity index (χ4n) is 6.63. The average molecular weight is 527 g/mol. The largest absolute Gasteiger partial charge is 0.416 e. The van der Waals surface area contributed by atoms with Gasteiger partial charge in [-0.05, 0) is 86.6 Å². The van der Waals surface area contributed by atoms with Gasteiger partial charge in [-0.1, -0.05) is 29.8 Å². The minimum Gasteiger partial charge on any atom is -0.349 e. The lowest BCUT2D eigenvalue weighted by molar-refractivity contribution is -0.137. The van der Waals surface area contributed by atoms with Crippen LogP contribution in [0.3, 0.4) is 0 Å². The predicted molar refractivity (Wildman–Crippen MR) is 126 cm³/mol. The van der Waals surface area contributed by atoms with Crippen LogP contribution in [0.5, 0.6) is 0 Å². The molecule has 4 bridgehead atoms. The second-order valence-electron chi connectivity index (χ2n) is 10.2. The molecule has 0 saturated heterocycles. The van der Waals surface area contributed by atoms with Gasteiger partial charge in [0.05, 0.1) is 21.2 Å². The molecule has 6 rings (SSSR count). The van der Waals surface area contributed by atoms with Gasteiger partial charge in [0, 0.05) is 5.54 Å². The van der Waals surface area contributed by atoms with Crippen LogP contribution in [0.15, 0.2) is 53.4 Å². The summed E-state index contributed by atoms with van der Waals surface area (Å²) in [5.74, 6) is 1.13. The predicted octanol–water partition coefficient (Wildman–Crippen LogP) is 5.64. The Morgan fingerprint density at radius 1 is 1.00 bits per heavy atom. The van der Waals surface area contributed by atoms with Crippen LogP contribution in [-0.4, -0.2) is 26.4 Å². The van der Waals surface area contributed by atoms with Crippen LogP contribution in [0.2, 0.25) is 5.02 Å². The van der Waals surface area contributed by atoms with Gasteiger partial charge in [0.2, 0.25) is 5.91 Å². The number of carbonyl (C=O) groups excluding carboxylic acids is 1. The lowest BCUT2D eigenvalue weighted by atomic mass is 9.53. The van der Waals surface area contributed by atoms with E-state index >= 15 is 0 Å². The average Bonchev–Trinajstić information content (AvgIpc) is 2.76. The van der Waals surface area contributed by atoms with Gasteiger partial charge in [-0.3, -0.25) is 9.10 Å². The monoisotopic (exact) mass is 526 g/mol. The van der Waals surface area contributed by atoms with E-state index in [1.807, 2.05) is 0 Å². The first-order valence-electron chi connectivity index (χ1n) is 11.7. The van der Waals surface area contributed by atoms with Crippen molar-refractivity contribution in [2.75, 3.05) is 10.8 Å². The maximum Gasteiger partial charge on any atom is 0.416 e. The normalized spacial score (nSPS) is 27.6. The molecule has 0 aliphatic heterocycles. The third-order valence-electron chi connectivity index (χ3n) is 7.60. The highest BCUT2D eigenvalue weighted by Gasteiger charge is 2.51. The molecule has 4 fully saturated rings. The summed E-state index contributed by atoms with van der Waals surface area (Å²) in [4.78, 5) is 13.2. The van der Waals surface area contributed by atoms with Gasteiger partial charge in [0.25, 0.3) is 10.0 Å². The number of hydrogen-bond acceptors (Lipinski definition) is 3. The molecule has 0 unspecified atom stereocenters. The number of nitrogens with zero attached hydrogens (tertiary/aromatic N) is 1. The Morgan fingerprint density at radius 2 is 1.57 bits per heavy atom. The topological polar surface area (TPSA) is 66.5 Å². The van der Waals surface area contributed by atoms with Gasteiger partial charge in [-0.25, -0.2) is 8.42 Å². The fourth-order valence-corrected chi connectivity index (χ4v) is 8.35. The van der Waals surface area contributed by atoms with Gasteiger partial charge in [-0.15, -0.1) is 0 Å².